The number of carbonyl (C=O) groups excluding carboxylic acids is 2. The SMILES string of the molecule is COc1ccc(C(=O)NCC(=O)NC(CN2CCN(C)CC2)c2ccccc2)cc1. The van der Waals surface area contributed by atoms with Gasteiger partial charge in [0.2, 0.25) is 5.91 Å². The lowest BCUT2D eigenvalue weighted by Gasteiger charge is -2.35. The third kappa shape index (κ3) is 6.30. The molecule has 1 aliphatic heterocycles. The number of hydrogen-bond donors (Lipinski definition) is 2. The average molecular weight is 411 g/mol. The molecule has 3 rings (SSSR count). The van der Waals surface area contributed by atoms with Gasteiger partial charge in [-0.15, -0.1) is 0 Å². The van der Waals surface area contributed by atoms with Gasteiger partial charge in [0.1, 0.15) is 5.75 Å². The van der Waals surface area contributed by atoms with E-state index in [9.17, 15) is 9.59 Å². The highest BCUT2D eigenvalue weighted by Crippen LogP contribution is 2.15. The molecule has 2 amide bonds. The monoisotopic (exact) mass is 410 g/mol. The second-order valence-electron chi connectivity index (χ2n) is 7.55. The van der Waals surface area contributed by atoms with Crippen molar-refractivity contribution in [2.45, 2.75) is 6.04 Å². The molecular formula is C23H30N4O3. The first-order valence-corrected chi connectivity index (χ1v) is 10.2. The van der Waals surface area contributed by atoms with Crippen molar-refractivity contribution in [2.24, 2.45) is 0 Å². The van der Waals surface area contributed by atoms with Crippen LogP contribution in [0.15, 0.2) is 54.6 Å². The lowest BCUT2D eigenvalue weighted by Crippen LogP contribution is -2.48. The summed E-state index contributed by atoms with van der Waals surface area (Å²) in [5, 5.41) is 5.78. The quantitative estimate of drug-likeness (QED) is 0.691. The molecule has 0 spiro atoms. The number of methoxy groups -OCH3 is 1. The van der Waals surface area contributed by atoms with Gasteiger partial charge in [-0.05, 0) is 36.9 Å². The van der Waals surface area contributed by atoms with Crippen LogP contribution in [0.5, 0.6) is 5.75 Å². The lowest BCUT2D eigenvalue weighted by atomic mass is 10.1. The number of amides is 2. The summed E-state index contributed by atoms with van der Waals surface area (Å²) in [5.41, 5.74) is 1.55. The number of nitrogens with zero attached hydrogens (tertiary/aromatic N) is 2. The fraction of sp³-hybridized carbons (Fsp3) is 0.391. The molecule has 7 heteroatoms. The Morgan fingerprint density at radius 2 is 1.67 bits per heavy atom. The molecular weight excluding hydrogens is 380 g/mol. The van der Waals surface area contributed by atoms with E-state index in [0.29, 0.717) is 11.3 Å². The molecule has 0 aromatic heterocycles. The van der Waals surface area contributed by atoms with Crippen LogP contribution < -0.4 is 15.4 Å². The zero-order valence-corrected chi connectivity index (χ0v) is 17.6. The number of hydrogen-bond acceptors (Lipinski definition) is 5. The lowest BCUT2D eigenvalue weighted by molar-refractivity contribution is -0.121. The summed E-state index contributed by atoms with van der Waals surface area (Å²) >= 11 is 0. The first-order valence-electron chi connectivity index (χ1n) is 10.2. The van der Waals surface area contributed by atoms with Crippen LogP contribution in [0.25, 0.3) is 0 Å². The fourth-order valence-electron chi connectivity index (χ4n) is 3.46. The van der Waals surface area contributed by atoms with Gasteiger partial charge in [-0.25, -0.2) is 0 Å². The Kier molecular flexibility index (Phi) is 7.82. The summed E-state index contributed by atoms with van der Waals surface area (Å²) < 4.78 is 5.10. The van der Waals surface area contributed by atoms with Crippen molar-refractivity contribution < 1.29 is 14.3 Å². The molecule has 0 radical (unpaired) electrons. The number of rotatable bonds is 8. The predicted octanol–water partition coefficient (Wildman–Crippen LogP) is 1.53. The molecule has 1 heterocycles. The van der Waals surface area contributed by atoms with Crippen LogP contribution in [0.3, 0.4) is 0 Å². The fourth-order valence-corrected chi connectivity index (χ4v) is 3.46. The summed E-state index contributed by atoms with van der Waals surface area (Å²) in [7, 11) is 3.70. The molecule has 1 saturated heterocycles. The van der Waals surface area contributed by atoms with E-state index in [2.05, 4.69) is 27.5 Å². The zero-order valence-electron chi connectivity index (χ0n) is 17.6. The van der Waals surface area contributed by atoms with Crippen molar-refractivity contribution >= 4 is 11.8 Å². The Hall–Kier alpha value is -2.90. The molecule has 30 heavy (non-hydrogen) atoms. The summed E-state index contributed by atoms with van der Waals surface area (Å²) in [6.07, 6.45) is 0. The van der Waals surface area contributed by atoms with Gasteiger partial charge in [0.15, 0.2) is 0 Å². The van der Waals surface area contributed by atoms with E-state index in [1.54, 1.807) is 31.4 Å². The van der Waals surface area contributed by atoms with E-state index >= 15 is 0 Å². The van der Waals surface area contributed by atoms with Crippen LogP contribution in [0.2, 0.25) is 0 Å². The van der Waals surface area contributed by atoms with E-state index in [1.807, 2.05) is 30.3 Å². The second-order valence-corrected chi connectivity index (χ2v) is 7.55. The number of nitrogens with one attached hydrogen (secondary N) is 2. The molecule has 2 aromatic rings. The van der Waals surface area contributed by atoms with E-state index < -0.39 is 0 Å². The first kappa shape index (κ1) is 21.8. The molecule has 2 aromatic carbocycles. The van der Waals surface area contributed by atoms with Crippen molar-refractivity contribution in [3.63, 3.8) is 0 Å². The maximum Gasteiger partial charge on any atom is 0.251 e. The minimum absolute atomic E-state index is 0.0725. The van der Waals surface area contributed by atoms with E-state index in [4.69, 9.17) is 4.74 Å². The van der Waals surface area contributed by atoms with Gasteiger partial charge < -0.3 is 20.3 Å². The molecule has 1 fully saturated rings. The Bertz CT molecular complexity index is 818. The second kappa shape index (κ2) is 10.8. The molecule has 1 atom stereocenters. The first-order chi connectivity index (χ1) is 14.5. The smallest absolute Gasteiger partial charge is 0.251 e. The number of carbonyl (C=O) groups is 2. The van der Waals surface area contributed by atoms with Crippen molar-refractivity contribution in [3.8, 4) is 5.75 Å². The topological polar surface area (TPSA) is 73.9 Å². The van der Waals surface area contributed by atoms with Crippen LogP contribution in [0, 0.1) is 0 Å². The third-order valence-electron chi connectivity index (χ3n) is 5.34. The predicted molar refractivity (Wildman–Crippen MR) is 117 cm³/mol. The van der Waals surface area contributed by atoms with Crippen LogP contribution in [-0.2, 0) is 4.79 Å². The average Bonchev–Trinajstić information content (AvgIpc) is 2.79. The highest BCUT2D eigenvalue weighted by Gasteiger charge is 2.21. The minimum atomic E-state index is -0.289. The zero-order chi connectivity index (χ0) is 21.3. The summed E-state index contributed by atoms with van der Waals surface area (Å²) in [5.74, 6) is 0.182. The number of benzene rings is 2. The maximum atomic E-state index is 12.6. The van der Waals surface area contributed by atoms with Crippen LogP contribution in [0.1, 0.15) is 22.0 Å². The number of ether oxygens (including phenoxy) is 1. The molecule has 0 saturated carbocycles. The molecule has 0 aliphatic carbocycles. The van der Waals surface area contributed by atoms with Crippen molar-refractivity contribution in [1.29, 1.82) is 0 Å². The van der Waals surface area contributed by atoms with Gasteiger partial charge in [-0.1, -0.05) is 30.3 Å². The molecule has 0 bridgehead atoms. The Morgan fingerprint density at radius 1 is 1.00 bits per heavy atom. The largest absolute Gasteiger partial charge is 0.497 e. The normalized spacial score (nSPS) is 15.9. The third-order valence-corrected chi connectivity index (χ3v) is 5.34. The molecule has 7 nitrogen and oxygen atoms in total. The molecule has 1 unspecified atom stereocenters. The van der Waals surface area contributed by atoms with Crippen molar-refractivity contribution in [3.05, 3.63) is 65.7 Å². The van der Waals surface area contributed by atoms with Gasteiger partial charge in [0, 0.05) is 38.3 Å². The Balaban J connectivity index is 1.56. The van der Waals surface area contributed by atoms with Crippen LogP contribution >= 0.6 is 0 Å². The van der Waals surface area contributed by atoms with Gasteiger partial charge >= 0.3 is 0 Å². The molecule has 160 valence electrons. The minimum Gasteiger partial charge on any atom is -0.497 e. The van der Waals surface area contributed by atoms with Crippen molar-refractivity contribution in [2.75, 3.05) is 53.4 Å². The highest BCUT2D eigenvalue weighted by atomic mass is 16.5. The van der Waals surface area contributed by atoms with Gasteiger partial charge in [-0.2, -0.15) is 0 Å². The summed E-state index contributed by atoms with van der Waals surface area (Å²) in [6.45, 7) is 4.67. The van der Waals surface area contributed by atoms with Crippen LogP contribution in [-0.4, -0.2) is 75.0 Å². The van der Waals surface area contributed by atoms with Crippen molar-refractivity contribution in [1.82, 2.24) is 20.4 Å². The highest BCUT2D eigenvalue weighted by molar-refractivity contribution is 5.96. The Labute approximate surface area is 178 Å². The van der Waals surface area contributed by atoms with Gasteiger partial charge in [-0.3, -0.25) is 14.5 Å². The number of likely N-dealkylation sites (N-methyl/N-ethyl adjacent to an activating group) is 1. The van der Waals surface area contributed by atoms with Crippen LogP contribution in [0.4, 0.5) is 0 Å². The van der Waals surface area contributed by atoms with Gasteiger partial charge in [0.05, 0.1) is 19.7 Å². The number of piperazine rings is 1. The molecule has 1 aliphatic rings. The Morgan fingerprint density at radius 3 is 2.30 bits per heavy atom. The maximum absolute atomic E-state index is 12.6. The molecule has 2 N–H and O–H groups in total. The van der Waals surface area contributed by atoms with E-state index in [1.165, 1.54) is 0 Å². The summed E-state index contributed by atoms with van der Waals surface area (Å²) in [4.78, 5) is 29.6. The van der Waals surface area contributed by atoms with Gasteiger partial charge in [0.25, 0.3) is 5.91 Å². The van der Waals surface area contributed by atoms with E-state index in [-0.39, 0.29) is 24.4 Å². The van der Waals surface area contributed by atoms with E-state index in [0.717, 1.165) is 38.3 Å². The standard InChI is InChI=1S/C23H30N4O3/c1-26-12-14-27(15-13-26)17-21(18-6-4-3-5-7-18)25-22(28)16-24-23(29)19-8-10-20(30-2)11-9-19/h3-11,21H,12-17H2,1-2H3,(H,24,29)(H,25,28). The summed E-state index contributed by atoms with van der Waals surface area (Å²) in [6, 6.07) is 16.6.